The number of para-hydroxylation sites is 1. The fourth-order valence-electron chi connectivity index (χ4n) is 4.52. The Labute approximate surface area is 177 Å². The van der Waals surface area contributed by atoms with Crippen LogP contribution in [0.15, 0.2) is 30.5 Å². The molecule has 1 aromatic carbocycles. The van der Waals surface area contributed by atoms with Crippen molar-refractivity contribution in [3.05, 3.63) is 47.5 Å². The van der Waals surface area contributed by atoms with E-state index in [0.29, 0.717) is 12.8 Å². The van der Waals surface area contributed by atoms with Crippen LogP contribution in [0.4, 0.5) is 10.5 Å². The Morgan fingerprint density at radius 1 is 1.27 bits per heavy atom. The Kier molecular flexibility index (Phi) is 5.92. The lowest BCUT2D eigenvalue weighted by Crippen LogP contribution is -2.66. The number of H-pyrrole nitrogens is 1. The van der Waals surface area contributed by atoms with Crippen molar-refractivity contribution in [3.8, 4) is 0 Å². The van der Waals surface area contributed by atoms with Crippen molar-refractivity contribution >= 4 is 17.7 Å². The van der Waals surface area contributed by atoms with Crippen LogP contribution in [0.25, 0.3) is 0 Å². The third-order valence-corrected chi connectivity index (χ3v) is 6.17. The van der Waals surface area contributed by atoms with Gasteiger partial charge in [0.15, 0.2) is 0 Å². The average Bonchev–Trinajstić information content (AvgIpc) is 3.29. The van der Waals surface area contributed by atoms with E-state index in [1.807, 2.05) is 58.2 Å². The third-order valence-electron chi connectivity index (χ3n) is 6.17. The van der Waals surface area contributed by atoms with E-state index in [0.717, 1.165) is 35.6 Å². The summed E-state index contributed by atoms with van der Waals surface area (Å²) >= 11 is 0. The molecule has 0 saturated carbocycles. The highest BCUT2D eigenvalue weighted by Crippen LogP contribution is 2.44. The molecule has 162 valence electrons. The van der Waals surface area contributed by atoms with Gasteiger partial charge in [0.2, 0.25) is 0 Å². The number of imidazole rings is 1. The van der Waals surface area contributed by atoms with Crippen molar-refractivity contribution in [3.63, 3.8) is 0 Å². The molecule has 0 radical (unpaired) electrons. The van der Waals surface area contributed by atoms with Crippen LogP contribution >= 0.6 is 0 Å². The highest BCUT2D eigenvalue weighted by atomic mass is 16.4. The van der Waals surface area contributed by atoms with Gasteiger partial charge in [-0.2, -0.15) is 0 Å². The monoisotopic (exact) mass is 412 g/mol. The predicted octanol–water partition coefficient (Wildman–Crippen LogP) is 4.46. The number of aryl methyl sites for hydroxylation is 1. The number of benzene rings is 1. The molecule has 1 aliphatic heterocycles. The van der Waals surface area contributed by atoms with Crippen LogP contribution in [0.5, 0.6) is 0 Å². The van der Waals surface area contributed by atoms with E-state index >= 15 is 0 Å². The zero-order chi connectivity index (χ0) is 22.1. The molecule has 7 heteroatoms. The van der Waals surface area contributed by atoms with Crippen molar-refractivity contribution in [1.82, 2.24) is 15.3 Å². The number of hydrogen-bond acceptors (Lipinski definition) is 3. The second-order valence-electron chi connectivity index (χ2n) is 9.01. The van der Waals surface area contributed by atoms with Crippen molar-refractivity contribution < 1.29 is 14.7 Å². The summed E-state index contributed by atoms with van der Waals surface area (Å²) in [7, 11) is 0. The van der Waals surface area contributed by atoms with Gasteiger partial charge in [0.05, 0.1) is 6.04 Å². The zero-order valence-corrected chi connectivity index (χ0v) is 18.5. The minimum absolute atomic E-state index is 0.247. The smallest absolute Gasteiger partial charge is 0.405 e. The number of hydrogen-bond donors (Lipinski definition) is 3. The predicted molar refractivity (Wildman–Crippen MR) is 117 cm³/mol. The zero-order valence-electron chi connectivity index (χ0n) is 18.5. The van der Waals surface area contributed by atoms with Gasteiger partial charge in [-0.05, 0) is 29.9 Å². The molecule has 1 aliphatic rings. The van der Waals surface area contributed by atoms with E-state index in [-0.39, 0.29) is 11.9 Å². The molecule has 7 nitrogen and oxygen atoms in total. The Morgan fingerprint density at radius 2 is 1.97 bits per heavy atom. The average molecular weight is 413 g/mol. The maximum atomic E-state index is 14.1. The molecule has 3 rings (SSSR count). The fourth-order valence-corrected chi connectivity index (χ4v) is 4.52. The number of anilines is 1. The number of amides is 2. The standard InChI is InChI=1S/C23H32N4O3/c1-6-10-16-14-24-19(25-16)18-13-15-11-8-9-12-17(15)27(18)20(28)23(7-2,22(3,4)5)26-21(29)30/h8-9,11-12,14,18,26H,6-7,10,13H2,1-5H3,(H,24,25)(H,29,30)/t18-,23+/m0/s1. The molecular formula is C23H32N4O3. The molecule has 2 atom stereocenters. The first-order valence-electron chi connectivity index (χ1n) is 10.6. The second-order valence-corrected chi connectivity index (χ2v) is 9.01. The number of rotatable bonds is 6. The van der Waals surface area contributed by atoms with Crippen molar-refractivity contribution in [1.29, 1.82) is 0 Å². The van der Waals surface area contributed by atoms with E-state index in [9.17, 15) is 14.7 Å². The van der Waals surface area contributed by atoms with Crippen LogP contribution in [0, 0.1) is 5.41 Å². The van der Waals surface area contributed by atoms with Crippen molar-refractivity contribution in [2.75, 3.05) is 4.90 Å². The Hall–Kier alpha value is -2.83. The molecule has 0 spiro atoms. The van der Waals surface area contributed by atoms with Gasteiger partial charge in [-0.1, -0.05) is 59.2 Å². The molecule has 2 aromatic rings. The topological polar surface area (TPSA) is 98.3 Å². The van der Waals surface area contributed by atoms with Crippen molar-refractivity contribution in [2.24, 2.45) is 5.41 Å². The Balaban J connectivity index is 2.11. The lowest BCUT2D eigenvalue weighted by molar-refractivity contribution is -0.129. The number of aromatic nitrogens is 2. The molecule has 0 fully saturated rings. The minimum atomic E-state index is -1.27. The van der Waals surface area contributed by atoms with Crippen LogP contribution in [0.1, 0.15) is 70.6 Å². The maximum Gasteiger partial charge on any atom is 0.405 e. The minimum Gasteiger partial charge on any atom is -0.465 e. The third kappa shape index (κ3) is 3.68. The lowest BCUT2D eigenvalue weighted by Gasteiger charge is -2.45. The van der Waals surface area contributed by atoms with Gasteiger partial charge in [-0.3, -0.25) is 9.69 Å². The quantitative estimate of drug-likeness (QED) is 0.652. The number of carbonyl (C=O) groups is 2. The first kappa shape index (κ1) is 21.9. The SMILES string of the molecule is CCCc1cnc([C@@H]2Cc3ccccc3N2C(=O)[C@@](CC)(NC(=O)O)C(C)(C)C)[nH]1. The normalized spacial score (nSPS) is 18.0. The molecule has 30 heavy (non-hydrogen) atoms. The maximum absolute atomic E-state index is 14.1. The van der Waals surface area contributed by atoms with E-state index in [1.54, 1.807) is 4.90 Å². The summed E-state index contributed by atoms with van der Waals surface area (Å²) in [5.74, 6) is 0.487. The molecule has 2 heterocycles. The molecule has 2 amide bonds. The van der Waals surface area contributed by atoms with Gasteiger partial charge in [-0.25, -0.2) is 9.78 Å². The number of carbonyl (C=O) groups excluding carboxylic acids is 1. The number of aromatic amines is 1. The van der Waals surface area contributed by atoms with E-state index in [1.165, 1.54) is 0 Å². The number of fused-ring (bicyclic) bond motifs is 1. The molecule has 0 bridgehead atoms. The van der Waals surface area contributed by atoms with Crippen LogP contribution in [0.2, 0.25) is 0 Å². The van der Waals surface area contributed by atoms with Crippen LogP contribution in [-0.4, -0.2) is 32.6 Å². The molecule has 0 unspecified atom stereocenters. The van der Waals surface area contributed by atoms with Gasteiger partial charge in [0.1, 0.15) is 11.4 Å². The molecule has 0 aliphatic carbocycles. The lowest BCUT2D eigenvalue weighted by atomic mass is 9.70. The summed E-state index contributed by atoms with van der Waals surface area (Å²) in [6.45, 7) is 9.65. The molecular weight excluding hydrogens is 380 g/mol. The summed E-state index contributed by atoms with van der Waals surface area (Å²) in [5.41, 5.74) is 1.01. The first-order valence-corrected chi connectivity index (χ1v) is 10.6. The highest BCUT2D eigenvalue weighted by Gasteiger charge is 2.53. The van der Waals surface area contributed by atoms with Gasteiger partial charge in [0, 0.05) is 24.0 Å². The number of nitrogens with zero attached hydrogens (tertiary/aromatic N) is 2. The molecule has 1 aromatic heterocycles. The largest absolute Gasteiger partial charge is 0.465 e. The molecule has 0 saturated heterocycles. The van der Waals surface area contributed by atoms with E-state index < -0.39 is 17.0 Å². The van der Waals surface area contributed by atoms with E-state index in [2.05, 4.69) is 22.2 Å². The van der Waals surface area contributed by atoms with Crippen LogP contribution in [0.3, 0.4) is 0 Å². The van der Waals surface area contributed by atoms with Gasteiger partial charge in [0.25, 0.3) is 5.91 Å². The van der Waals surface area contributed by atoms with Gasteiger partial charge >= 0.3 is 6.09 Å². The second kappa shape index (κ2) is 8.13. The number of nitrogens with one attached hydrogen (secondary N) is 2. The van der Waals surface area contributed by atoms with Gasteiger partial charge < -0.3 is 15.4 Å². The van der Waals surface area contributed by atoms with Crippen LogP contribution < -0.4 is 10.2 Å². The summed E-state index contributed by atoms with van der Waals surface area (Å²) in [6.07, 6.45) is 3.50. The summed E-state index contributed by atoms with van der Waals surface area (Å²) < 4.78 is 0. The summed E-state index contributed by atoms with van der Waals surface area (Å²) in [5, 5.41) is 12.2. The fraction of sp³-hybridized carbons (Fsp3) is 0.522. The summed E-state index contributed by atoms with van der Waals surface area (Å²) in [6, 6.07) is 7.50. The van der Waals surface area contributed by atoms with Crippen molar-refractivity contribution in [2.45, 2.75) is 71.9 Å². The van der Waals surface area contributed by atoms with Gasteiger partial charge in [-0.15, -0.1) is 0 Å². The van der Waals surface area contributed by atoms with E-state index in [4.69, 9.17) is 0 Å². The van der Waals surface area contributed by atoms with Crippen LogP contribution in [-0.2, 0) is 17.6 Å². The number of carboxylic acid groups (broad SMARTS) is 1. The first-order chi connectivity index (χ1) is 14.1. The Bertz CT molecular complexity index is 931. The molecule has 3 N–H and O–H groups in total. The Morgan fingerprint density at radius 3 is 2.57 bits per heavy atom. The summed E-state index contributed by atoms with van der Waals surface area (Å²) in [4.78, 5) is 35.5. The highest BCUT2D eigenvalue weighted by molar-refractivity contribution is 6.04.